The zero-order valence-electron chi connectivity index (χ0n) is 18.2. The van der Waals surface area contributed by atoms with Crippen LogP contribution in [0.4, 0.5) is 0 Å². The van der Waals surface area contributed by atoms with E-state index in [4.69, 9.17) is 9.47 Å². The molecule has 0 radical (unpaired) electrons. The molecule has 1 unspecified atom stereocenters. The minimum Gasteiger partial charge on any atom is -0.465 e. The van der Waals surface area contributed by atoms with E-state index in [1.165, 1.54) is 42.5 Å². The van der Waals surface area contributed by atoms with Crippen molar-refractivity contribution < 1.29 is 48.4 Å². The van der Waals surface area contributed by atoms with Gasteiger partial charge in [-0.1, -0.05) is 6.07 Å². The number of hydrogen-bond donors (Lipinski definition) is 0. The highest BCUT2D eigenvalue weighted by Gasteiger charge is 2.22. The van der Waals surface area contributed by atoms with Crippen LogP contribution in [0.15, 0.2) is 47.4 Å². The van der Waals surface area contributed by atoms with E-state index in [1.807, 2.05) is 0 Å². The van der Waals surface area contributed by atoms with E-state index >= 15 is 0 Å². The number of methoxy groups -OCH3 is 1. The number of esters is 3. The van der Waals surface area contributed by atoms with E-state index in [1.54, 1.807) is 0 Å². The van der Waals surface area contributed by atoms with Gasteiger partial charge < -0.3 is 23.9 Å². The molecule has 0 fully saturated rings. The van der Waals surface area contributed by atoms with E-state index in [-0.39, 0.29) is 28.4 Å². The van der Waals surface area contributed by atoms with Gasteiger partial charge in [0.2, 0.25) is 0 Å². The number of carbonyl (C=O) groups excluding carboxylic acids is 3. The van der Waals surface area contributed by atoms with Gasteiger partial charge in [-0.3, -0.25) is 4.79 Å². The van der Waals surface area contributed by atoms with Gasteiger partial charge in [0, 0.05) is 17.6 Å². The van der Waals surface area contributed by atoms with Crippen LogP contribution in [0.25, 0.3) is 0 Å². The standard InChI is InChI=1S/C20H18N2O12S/c1-12(23)32-18-16(20(25)30-2)4-3-5-17(18)33-19(24)13-6-8-15(9-7-13)35-11-14(34-22(28)29)10-31-21(26)27/h3-9,14H,10-11H2,1-2H3. The van der Waals surface area contributed by atoms with Crippen LogP contribution in [-0.2, 0) is 19.2 Å². The predicted molar refractivity (Wildman–Crippen MR) is 116 cm³/mol. The Morgan fingerprint density at radius 2 is 1.66 bits per heavy atom. The van der Waals surface area contributed by atoms with Gasteiger partial charge in [-0.25, -0.2) is 9.59 Å². The fourth-order valence-corrected chi connectivity index (χ4v) is 3.39. The molecule has 0 aliphatic carbocycles. The van der Waals surface area contributed by atoms with Crippen LogP contribution in [0.1, 0.15) is 27.6 Å². The molecule has 0 aromatic heterocycles. The minimum absolute atomic E-state index is 0.0509. The zero-order valence-corrected chi connectivity index (χ0v) is 19.1. The van der Waals surface area contributed by atoms with Gasteiger partial charge in [0.25, 0.3) is 10.2 Å². The molecule has 186 valence electrons. The van der Waals surface area contributed by atoms with Crippen LogP contribution in [-0.4, -0.2) is 53.7 Å². The van der Waals surface area contributed by atoms with Crippen LogP contribution >= 0.6 is 11.8 Å². The normalized spacial score (nSPS) is 11.0. The second-order valence-electron chi connectivity index (χ2n) is 6.41. The first-order valence-electron chi connectivity index (χ1n) is 9.54. The molecule has 0 saturated carbocycles. The Bertz CT molecular complexity index is 1110. The Kier molecular flexibility index (Phi) is 9.77. The summed E-state index contributed by atoms with van der Waals surface area (Å²) in [7, 11) is 1.14. The van der Waals surface area contributed by atoms with Gasteiger partial charge in [0.1, 0.15) is 18.3 Å². The van der Waals surface area contributed by atoms with Gasteiger partial charge in [0.15, 0.2) is 11.5 Å². The summed E-state index contributed by atoms with van der Waals surface area (Å²) in [6.45, 7) is 0.474. The summed E-state index contributed by atoms with van der Waals surface area (Å²) < 4.78 is 15.0. The number of nitrogens with zero attached hydrogens (tertiary/aromatic N) is 2. The van der Waals surface area contributed by atoms with Crippen molar-refractivity contribution >= 4 is 29.7 Å². The molecule has 15 heteroatoms. The molecule has 0 amide bonds. The minimum atomic E-state index is -1.20. The first-order valence-corrected chi connectivity index (χ1v) is 10.5. The highest BCUT2D eigenvalue weighted by Crippen LogP contribution is 2.33. The molecule has 0 aliphatic rings. The molecule has 14 nitrogen and oxygen atoms in total. The van der Waals surface area contributed by atoms with Crippen LogP contribution < -0.4 is 9.47 Å². The maximum atomic E-state index is 12.6. The van der Waals surface area contributed by atoms with Crippen molar-refractivity contribution in [2.24, 2.45) is 0 Å². The number of carbonyl (C=O) groups is 3. The molecular weight excluding hydrogens is 492 g/mol. The number of para-hydroxylation sites is 1. The van der Waals surface area contributed by atoms with Crippen molar-refractivity contribution in [2.45, 2.75) is 17.9 Å². The van der Waals surface area contributed by atoms with Gasteiger partial charge in [-0.15, -0.1) is 32.0 Å². The third-order valence-corrected chi connectivity index (χ3v) is 5.10. The zero-order chi connectivity index (χ0) is 26.0. The quantitative estimate of drug-likeness (QED) is 0.133. The smallest absolute Gasteiger partial charge is 0.343 e. The van der Waals surface area contributed by atoms with Crippen LogP contribution in [0.3, 0.4) is 0 Å². The molecular formula is C20H18N2O12S. The number of rotatable bonds is 12. The number of ether oxygens (including phenoxy) is 3. The number of benzene rings is 2. The Morgan fingerprint density at radius 1 is 0.971 bits per heavy atom. The SMILES string of the molecule is COC(=O)c1cccc(OC(=O)c2ccc(SCC(CO[N+](=O)[O-])O[N+](=O)[O-])cc2)c1OC(C)=O. The molecule has 0 heterocycles. The number of thioether (sulfide) groups is 1. The lowest BCUT2D eigenvalue weighted by Crippen LogP contribution is -2.26. The van der Waals surface area contributed by atoms with E-state index in [0.29, 0.717) is 4.90 Å². The molecule has 0 bridgehead atoms. The van der Waals surface area contributed by atoms with Gasteiger partial charge in [-0.05, 0) is 36.4 Å². The Balaban J connectivity index is 2.11. The summed E-state index contributed by atoms with van der Waals surface area (Å²) in [5.74, 6) is -2.89. The lowest BCUT2D eigenvalue weighted by Gasteiger charge is -2.14. The maximum Gasteiger partial charge on any atom is 0.343 e. The van der Waals surface area contributed by atoms with Crippen LogP contribution in [0.2, 0.25) is 0 Å². The molecule has 1 atom stereocenters. The molecule has 2 aromatic rings. The summed E-state index contributed by atoms with van der Waals surface area (Å²) in [5, 5.41) is 18.7. The maximum absolute atomic E-state index is 12.6. The average molecular weight is 510 g/mol. The van der Waals surface area contributed by atoms with E-state index in [2.05, 4.69) is 14.4 Å². The van der Waals surface area contributed by atoms with Crippen LogP contribution in [0, 0.1) is 20.2 Å². The molecule has 0 spiro atoms. The third kappa shape index (κ3) is 8.47. The first kappa shape index (κ1) is 26.8. The molecule has 35 heavy (non-hydrogen) atoms. The fourth-order valence-electron chi connectivity index (χ4n) is 2.53. The Labute approximate surface area is 201 Å². The van der Waals surface area contributed by atoms with Gasteiger partial charge in [0.05, 0.1) is 12.7 Å². The van der Waals surface area contributed by atoms with Crippen molar-refractivity contribution in [1.82, 2.24) is 0 Å². The van der Waals surface area contributed by atoms with Gasteiger partial charge >= 0.3 is 17.9 Å². The molecule has 0 saturated heterocycles. The summed E-state index contributed by atoms with van der Waals surface area (Å²) in [6.07, 6.45) is -1.20. The first-order chi connectivity index (χ1) is 16.6. The lowest BCUT2D eigenvalue weighted by atomic mass is 10.2. The monoisotopic (exact) mass is 510 g/mol. The molecule has 0 aliphatic heterocycles. The molecule has 2 aromatic carbocycles. The van der Waals surface area contributed by atoms with Crippen molar-refractivity contribution in [1.29, 1.82) is 0 Å². The van der Waals surface area contributed by atoms with Crippen LogP contribution in [0.5, 0.6) is 11.5 Å². The second kappa shape index (κ2) is 12.7. The van der Waals surface area contributed by atoms with Crippen molar-refractivity contribution in [3.8, 4) is 11.5 Å². The summed E-state index contributed by atoms with van der Waals surface area (Å²) in [6, 6.07) is 9.89. The second-order valence-corrected chi connectivity index (χ2v) is 7.51. The summed E-state index contributed by atoms with van der Waals surface area (Å²) in [4.78, 5) is 65.9. The third-order valence-electron chi connectivity index (χ3n) is 3.96. The largest absolute Gasteiger partial charge is 0.465 e. The van der Waals surface area contributed by atoms with E-state index in [9.17, 15) is 34.6 Å². The molecule has 0 N–H and O–H groups in total. The van der Waals surface area contributed by atoms with Crippen molar-refractivity contribution in [2.75, 3.05) is 19.5 Å². The topological polar surface area (TPSA) is 184 Å². The summed E-state index contributed by atoms with van der Waals surface area (Å²) >= 11 is 1.07. The van der Waals surface area contributed by atoms with E-state index < -0.39 is 40.8 Å². The summed E-state index contributed by atoms with van der Waals surface area (Å²) in [5.41, 5.74) is -0.0197. The highest BCUT2D eigenvalue weighted by atomic mass is 32.2. The Morgan fingerprint density at radius 3 is 2.23 bits per heavy atom. The Hall–Kier alpha value is -4.40. The highest BCUT2D eigenvalue weighted by molar-refractivity contribution is 7.99. The predicted octanol–water partition coefficient (Wildman–Crippen LogP) is 2.50. The lowest BCUT2D eigenvalue weighted by molar-refractivity contribution is -0.788. The van der Waals surface area contributed by atoms with E-state index in [0.717, 1.165) is 25.8 Å². The van der Waals surface area contributed by atoms with Crippen molar-refractivity contribution in [3.63, 3.8) is 0 Å². The van der Waals surface area contributed by atoms with Crippen molar-refractivity contribution in [3.05, 3.63) is 73.8 Å². The number of hydrogen-bond acceptors (Lipinski definition) is 13. The fraction of sp³-hybridized carbons (Fsp3) is 0.250. The average Bonchev–Trinajstić information content (AvgIpc) is 2.81. The molecule has 2 rings (SSSR count). The van der Waals surface area contributed by atoms with Gasteiger partial charge in [-0.2, -0.15) is 0 Å².